The molecule has 3 nitrogen and oxygen atoms in total. The molecule has 2 aromatic rings. The first-order chi connectivity index (χ1) is 9.77. The number of nitrogens with zero attached hydrogens (tertiary/aromatic N) is 1. The van der Waals surface area contributed by atoms with Gasteiger partial charge >= 0.3 is 5.97 Å². The summed E-state index contributed by atoms with van der Waals surface area (Å²) in [6, 6.07) is 13.4. The van der Waals surface area contributed by atoms with E-state index >= 15 is 0 Å². The van der Waals surface area contributed by atoms with Gasteiger partial charge in [-0.05, 0) is 42.3 Å². The van der Waals surface area contributed by atoms with Gasteiger partial charge in [-0.3, -0.25) is 9.69 Å². The molecule has 1 atom stereocenters. The Hall–Kier alpha value is -1.87. The SMILES string of the molecule is O=C(O)C(c1cccc2ccccc12)N1CCCCC1. The standard InChI is InChI=1S/C17H19NO2/c19-17(20)16(18-11-4-1-5-12-18)15-10-6-8-13-7-2-3-9-14(13)15/h2-3,6-10,16H,1,4-5,11-12H2,(H,19,20). The van der Waals surface area contributed by atoms with E-state index in [4.69, 9.17) is 0 Å². The highest BCUT2D eigenvalue weighted by Crippen LogP contribution is 2.30. The van der Waals surface area contributed by atoms with Crippen molar-refractivity contribution in [2.24, 2.45) is 0 Å². The summed E-state index contributed by atoms with van der Waals surface area (Å²) >= 11 is 0. The van der Waals surface area contributed by atoms with E-state index < -0.39 is 12.0 Å². The van der Waals surface area contributed by atoms with Crippen LogP contribution in [0.15, 0.2) is 42.5 Å². The van der Waals surface area contributed by atoms with Gasteiger partial charge in [0.05, 0.1) is 0 Å². The highest BCUT2D eigenvalue weighted by molar-refractivity contribution is 5.90. The Morgan fingerprint density at radius 1 is 1.00 bits per heavy atom. The van der Waals surface area contributed by atoms with Gasteiger partial charge in [0.2, 0.25) is 0 Å². The van der Waals surface area contributed by atoms with Crippen LogP contribution in [0.4, 0.5) is 0 Å². The topological polar surface area (TPSA) is 40.5 Å². The summed E-state index contributed by atoms with van der Waals surface area (Å²) in [6.45, 7) is 1.75. The van der Waals surface area contributed by atoms with E-state index in [0.29, 0.717) is 0 Å². The lowest BCUT2D eigenvalue weighted by atomic mass is 9.96. The smallest absolute Gasteiger partial charge is 0.325 e. The maximum atomic E-state index is 11.8. The number of carbonyl (C=O) groups is 1. The van der Waals surface area contributed by atoms with Gasteiger partial charge in [-0.2, -0.15) is 0 Å². The van der Waals surface area contributed by atoms with Crippen molar-refractivity contribution >= 4 is 16.7 Å². The number of aliphatic carboxylic acids is 1. The van der Waals surface area contributed by atoms with E-state index in [1.807, 2.05) is 42.5 Å². The van der Waals surface area contributed by atoms with Crippen molar-refractivity contribution < 1.29 is 9.90 Å². The van der Waals surface area contributed by atoms with Crippen LogP contribution in [0.25, 0.3) is 10.8 Å². The molecule has 1 fully saturated rings. The Labute approximate surface area is 118 Å². The molecule has 0 aliphatic carbocycles. The Balaban J connectivity index is 2.07. The molecular formula is C17H19NO2. The van der Waals surface area contributed by atoms with Crippen molar-refractivity contribution in [1.82, 2.24) is 4.90 Å². The number of benzene rings is 2. The van der Waals surface area contributed by atoms with Crippen LogP contribution in [0.5, 0.6) is 0 Å². The molecule has 0 saturated carbocycles. The maximum Gasteiger partial charge on any atom is 0.325 e. The average Bonchev–Trinajstić information content (AvgIpc) is 2.48. The zero-order chi connectivity index (χ0) is 13.9. The summed E-state index contributed by atoms with van der Waals surface area (Å²) in [4.78, 5) is 13.9. The van der Waals surface area contributed by atoms with Crippen molar-refractivity contribution in [3.05, 3.63) is 48.0 Å². The number of rotatable bonds is 3. The first-order valence-electron chi connectivity index (χ1n) is 7.22. The van der Waals surface area contributed by atoms with E-state index in [-0.39, 0.29) is 0 Å². The first-order valence-corrected chi connectivity index (χ1v) is 7.22. The van der Waals surface area contributed by atoms with Crippen LogP contribution < -0.4 is 0 Å². The lowest BCUT2D eigenvalue weighted by Gasteiger charge is -2.32. The van der Waals surface area contributed by atoms with Crippen LogP contribution in [0.3, 0.4) is 0 Å². The van der Waals surface area contributed by atoms with Gasteiger partial charge in [0.25, 0.3) is 0 Å². The fraction of sp³-hybridized carbons (Fsp3) is 0.353. The number of hydrogen-bond donors (Lipinski definition) is 1. The molecule has 1 aliphatic rings. The summed E-state index contributed by atoms with van der Waals surface area (Å²) in [5, 5.41) is 11.9. The number of piperidine rings is 1. The molecule has 1 heterocycles. The lowest BCUT2D eigenvalue weighted by Crippen LogP contribution is -2.38. The summed E-state index contributed by atoms with van der Waals surface area (Å²) in [5.74, 6) is -0.747. The molecule has 3 heteroatoms. The molecule has 1 N–H and O–H groups in total. The predicted octanol–water partition coefficient (Wildman–Crippen LogP) is 3.45. The number of likely N-dealkylation sites (tertiary alicyclic amines) is 1. The van der Waals surface area contributed by atoms with Crippen LogP contribution in [0, 0.1) is 0 Å². The molecule has 0 spiro atoms. The second-order valence-electron chi connectivity index (χ2n) is 5.41. The van der Waals surface area contributed by atoms with Crippen molar-refractivity contribution in [2.75, 3.05) is 13.1 Å². The molecule has 104 valence electrons. The highest BCUT2D eigenvalue weighted by atomic mass is 16.4. The van der Waals surface area contributed by atoms with Crippen LogP contribution in [-0.2, 0) is 4.79 Å². The van der Waals surface area contributed by atoms with Crippen LogP contribution in [0.2, 0.25) is 0 Å². The van der Waals surface area contributed by atoms with Crippen molar-refractivity contribution in [1.29, 1.82) is 0 Å². The van der Waals surface area contributed by atoms with E-state index in [1.54, 1.807) is 0 Å². The molecular weight excluding hydrogens is 250 g/mol. The molecule has 0 amide bonds. The second kappa shape index (κ2) is 5.63. The molecule has 0 aromatic heterocycles. The summed E-state index contributed by atoms with van der Waals surface area (Å²) in [6.07, 6.45) is 3.39. The minimum Gasteiger partial charge on any atom is -0.480 e. The molecule has 1 unspecified atom stereocenters. The quantitative estimate of drug-likeness (QED) is 0.927. The molecule has 20 heavy (non-hydrogen) atoms. The van der Waals surface area contributed by atoms with Gasteiger partial charge in [0.1, 0.15) is 6.04 Å². The average molecular weight is 269 g/mol. The van der Waals surface area contributed by atoms with Crippen molar-refractivity contribution in [3.63, 3.8) is 0 Å². The Bertz CT molecular complexity index is 612. The van der Waals surface area contributed by atoms with Crippen molar-refractivity contribution in [3.8, 4) is 0 Å². The van der Waals surface area contributed by atoms with E-state index in [1.165, 1.54) is 6.42 Å². The fourth-order valence-electron chi connectivity index (χ4n) is 3.15. The van der Waals surface area contributed by atoms with Crippen LogP contribution >= 0.6 is 0 Å². The highest BCUT2D eigenvalue weighted by Gasteiger charge is 2.29. The van der Waals surface area contributed by atoms with E-state index in [9.17, 15) is 9.90 Å². The first kappa shape index (κ1) is 13.1. The zero-order valence-electron chi connectivity index (χ0n) is 11.5. The minimum absolute atomic E-state index is 0.526. The van der Waals surface area contributed by atoms with Gasteiger partial charge in [-0.1, -0.05) is 48.9 Å². The monoisotopic (exact) mass is 269 g/mol. The summed E-state index contributed by atoms with van der Waals surface area (Å²) in [7, 11) is 0. The normalized spacial score (nSPS) is 18.0. The van der Waals surface area contributed by atoms with E-state index in [2.05, 4.69) is 4.90 Å². The largest absolute Gasteiger partial charge is 0.480 e. The number of carboxylic acid groups (broad SMARTS) is 1. The summed E-state index contributed by atoms with van der Waals surface area (Å²) in [5.41, 5.74) is 0.914. The van der Waals surface area contributed by atoms with Crippen molar-refractivity contribution in [2.45, 2.75) is 25.3 Å². The third kappa shape index (κ3) is 2.41. The second-order valence-corrected chi connectivity index (χ2v) is 5.41. The Kier molecular flexibility index (Phi) is 3.70. The maximum absolute atomic E-state index is 11.8. The number of hydrogen-bond acceptors (Lipinski definition) is 2. The molecule has 0 radical (unpaired) electrons. The third-order valence-electron chi connectivity index (χ3n) is 4.11. The fourth-order valence-corrected chi connectivity index (χ4v) is 3.15. The molecule has 2 aromatic carbocycles. The van der Waals surface area contributed by atoms with Crippen LogP contribution in [0.1, 0.15) is 30.9 Å². The van der Waals surface area contributed by atoms with Gasteiger partial charge < -0.3 is 5.11 Å². The predicted molar refractivity (Wildman–Crippen MR) is 79.7 cm³/mol. The molecule has 0 bridgehead atoms. The van der Waals surface area contributed by atoms with E-state index in [0.717, 1.165) is 42.3 Å². The molecule has 1 saturated heterocycles. The minimum atomic E-state index is -0.747. The molecule has 1 aliphatic heterocycles. The number of carboxylic acids is 1. The zero-order valence-corrected chi connectivity index (χ0v) is 11.5. The summed E-state index contributed by atoms with van der Waals surface area (Å²) < 4.78 is 0. The van der Waals surface area contributed by atoms with Gasteiger partial charge in [0, 0.05) is 0 Å². The number of fused-ring (bicyclic) bond motifs is 1. The van der Waals surface area contributed by atoms with Crippen LogP contribution in [-0.4, -0.2) is 29.1 Å². The van der Waals surface area contributed by atoms with Gasteiger partial charge in [-0.15, -0.1) is 0 Å². The molecule has 3 rings (SSSR count). The third-order valence-corrected chi connectivity index (χ3v) is 4.11. The lowest BCUT2D eigenvalue weighted by molar-refractivity contribution is -0.144. The Morgan fingerprint density at radius 3 is 2.45 bits per heavy atom. The van der Waals surface area contributed by atoms with Gasteiger partial charge in [-0.25, -0.2) is 0 Å². The Morgan fingerprint density at radius 2 is 1.70 bits per heavy atom. The van der Waals surface area contributed by atoms with Gasteiger partial charge in [0.15, 0.2) is 0 Å².